The average molecular weight is 1310 g/mol. The van der Waals surface area contributed by atoms with E-state index in [0.717, 1.165) is 83.9 Å². The van der Waals surface area contributed by atoms with E-state index in [1.54, 1.807) is 0 Å². The van der Waals surface area contributed by atoms with Gasteiger partial charge in [-0.1, -0.05) is 170 Å². The van der Waals surface area contributed by atoms with Gasteiger partial charge < -0.3 is 34.3 Å². The van der Waals surface area contributed by atoms with E-state index in [2.05, 4.69) is 419 Å². The molecule has 0 saturated carbocycles. The normalized spacial score (nSPS) is 11.9. The minimum absolute atomic E-state index is 0.215. The Labute approximate surface area is 594 Å². The van der Waals surface area contributed by atoms with Gasteiger partial charge in [0.1, 0.15) is 0 Å². The van der Waals surface area contributed by atoms with Crippen molar-refractivity contribution in [1.82, 2.24) is 0 Å². The molecule has 0 amide bonds. The van der Waals surface area contributed by atoms with Crippen molar-refractivity contribution in [1.29, 1.82) is 0 Å². The second-order valence-corrected chi connectivity index (χ2v) is 29.0. The number of nitrogens with zero attached hydrogens (tertiary/aromatic N) is 7. The van der Waals surface area contributed by atoms with Crippen LogP contribution in [0.5, 0.6) is 0 Å². The van der Waals surface area contributed by atoms with Gasteiger partial charge in [-0.25, -0.2) is 0 Å². The van der Waals surface area contributed by atoms with E-state index in [0.29, 0.717) is 0 Å². The molecule has 7 heteroatoms. The number of hydrogen-bond acceptors (Lipinski definition) is 7. The molecule has 0 aromatic heterocycles. The van der Waals surface area contributed by atoms with Gasteiger partial charge in [0.2, 0.25) is 0 Å². The van der Waals surface area contributed by atoms with E-state index in [1.165, 1.54) is 72.8 Å². The SMILES string of the molecule is CCN(C)c1ccc(C(C)(C)c2ccc(N(c3ccc(N(c4ccc(C)cc4)c4ccc(N(c5ccc(C(C)(C)c6ccc(N(C)CC)cc6)cc5)c5ccc(C(C)(C)c6ccc(N(CC)CC)cc6)cc5)cc4)cc3)c3ccc(C(C)(C)c4ccc(N(C)CC)cc4)cc3)cc2)cc1. The molecule has 11 aromatic rings. The van der Waals surface area contributed by atoms with Gasteiger partial charge in [-0.3, -0.25) is 0 Å². The van der Waals surface area contributed by atoms with Crippen LogP contribution in [0.2, 0.25) is 0 Å². The highest BCUT2D eigenvalue weighted by Gasteiger charge is 2.29. The van der Waals surface area contributed by atoms with Gasteiger partial charge in [0.25, 0.3) is 0 Å². The second-order valence-electron chi connectivity index (χ2n) is 29.0. The van der Waals surface area contributed by atoms with Crippen LogP contribution in [0.4, 0.5) is 73.9 Å². The van der Waals surface area contributed by atoms with Crippen LogP contribution in [0.3, 0.4) is 0 Å². The largest absolute Gasteiger partial charge is 0.375 e. The Bertz CT molecular complexity index is 4270. The summed E-state index contributed by atoms with van der Waals surface area (Å²) in [5, 5.41) is 0. The maximum Gasteiger partial charge on any atom is 0.0463 e. The summed E-state index contributed by atoms with van der Waals surface area (Å²) < 4.78 is 0. The van der Waals surface area contributed by atoms with Crippen LogP contribution in [-0.2, 0) is 21.7 Å². The van der Waals surface area contributed by atoms with Gasteiger partial charge in [-0.2, -0.15) is 0 Å². The van der Waals surface area contributed by atoms with E-state index in [4.69, 9.17) is 0 Å². The van der Waals surface area contributed by atoms with Crippen molar-refractivity contribution in [3.63, 3.8) is 0 Å². The van der Waals surface area contributed by atoms with Crippen molar-refractivity contribution in [3.8, 4) is 0 Å². The van der Waals surface area contributed by atoms with Crippen molar-refractivity contribution in [2.24, 2.45) is 0 Å². The first kappa shape index (κ1) is 70.3. The van der Waals surface area contributed by atoms with Crippen molar-refractivity contribution in [2.75, 3.05) is 88.2 Å². The fraction of sp³-hybridized carbons (Fsp3) is 0.283. The van der Waals surface area contributed by atoms with Crippen LogP contribution in [0.15, 0.2) is 267 Å². The van der Waals surface area contributed by atoms with Crippen LogP contribution >= 0.6 is 0 Å². The minimum atomic E-state index is -0.217. The molecule has 0 spiro atoms. The predicted octanol–water partition coefficient (Wildman–Crippen LogP) is 23.9. The fourth-order valence-electron chi connectivity index (χ4n) is 13.9. The Morgan fingerprint density at radius 1 is 0.192 bits per heavy atom. The molecule has 0 saturated heterocycles. The molecule has 0 radical (unpaired) electrons. The Balaban J connectivity index is 0.952. The highest BCUT2D eigenvalue weighted by atomic mass is 15.2. The zero-order chi connectivity index (χ0) is 70.4. The highest BCUT2D eigenvalue weighted by molar-refractivity contribution is 5.84. The third-order valence-electron chi connectivity index (χ3n) is 21.6. The van der Waals surface area contributed by atoms with Crippen LogP contribution in [-0.4, -0.2) is 53.9 Å². The third-order valence-corrected chi connectivity index (χ3v) is 21.6. The zero-order valence-electron chi connectivity index (χ0n) is 62.1. The van der Waals surface area contributed by atoms with Crippen molar-refractivity contribution < 1.29 is 0 Å². The monoisotopic (exact) mass is 1310 g/mol. The van der Waals surface area contributed by atoms with Crippen molar-refractivity contribution in [2.45, 2.75) is 119 Å². The van der Waals surface area contributed by atoms with Crippen LogP contribution in [0.25, 0.3) is 0 Å². The number of rotatable bonds is 26. The maximum absolute atomic E-state index is 2.40. The lowest BCUT2D eigenvalue weighted by atomic mass is 9.78. The lowest BCUT2D eigenvalue weighted by Crippen LogP contribution is -2.23. The van der Waals surface area contributed by atoms with Crippen molar-refractivity contribution in [3.05, 3.63) is 317 Å². The third kappa shape index (κ3) is 14.8. The van der Waals surface area contributed by atoms with E-state index in [1.807, 2.05) is 0 Å². The standard InChI is InChI=1S/C92H105N7/c1-18-93(15)76-43-25-68(26-44-76)89(7,8)72-33-51-81(52-34-72)98(82-53-35-73(36-54-82)90(9,10)69-27-45-77(46-28-69)94(16)19-2)87-63-59-85(60-64-87)97(80-41-23-67(6)24-42-80)86-61-65-88(66-62-86)99(83-55-37-74(38-56-83)91(11,12)70-29-47-78(48-30-70)95(17)20-3)84-57-39-75(40-58-84)92(13,14)71-31-49-79(50-32-71)96(21-4)22-5/h23-66H,18-22H2,1-17H3. The van der Waals surface area contributed by atoms with Gasteiger partial charge in [0.15, 0.2) is 0 Å². The molecule has 0 bridgehead atoms. The maximum atomic E-state index is 2.40. The van der Waals surface area contributed by atoms with E-state index < -0.39 is 0 Å². The van der Waals surface area contributed by atoms with E-state index in [-0.39, 0.29) is 21.7 Å². The Morgan fingerprint density at radius 2 is 0.333 bits per heavy atom. The van der Waals surface area contributed by atoms with Crippen molar-refractivity contribution >= 4 is 73.9 Å². The lowest BCUT2D eigenvalue weighted by Gasteiger charge is -2.31. The lowest BCUT2D eigenvalue weighted by molar-refractivity contribution is 0.640. The molecule has 508 valence electrons. The molecule has 0 heterocycles. The first-order chi connectivity index (χ1) is 47.5. The molecule has 0 unspecified atom stereocenters. The summed E-state index contributed by atoms with van der Waals surface area (Å²) in [5.41, 5.74) is 25.1. The zero-order valence-corrected chi connectivity index (χ0v) is 62.1. The predicted molar refractivity (Wildman–Crippen MR) is 430 cm³/mol. The Hall–Kier alpha value is -9.98. The summed E-state index contributed by atoms with van der Waals surface area (Å²) in [5.74, 6) is 0. The summed E-state index contributed by atoms with van der Waals surface area (Å²) >= 11 is 0. The molecule has 7 nitrogen and oxygen atoms in total. The summed E-state index contributed by atoms with van der Waals surface area (Å²) in [6.07, 6.45) is 0. The number of aryl methyl sites for hydroxylation is 1. The smallest absolute Gasteiger partial charge is 0.0463 e. The van der Waals surface area contributed by atoms with Crippen LogP contribution in [0.1, 0.15) is 140 Å². The quantitative estimate of drug-likeness (QED) is 0.0532. The summed E-state index contributed by atoms with van der Waals surface area (Å²) in [6, 6.07) is 100. The molecule has 0 atom stereocenters. The minimum Gasteiger partial charge on any atom is -0.375 e. The first-order valence-electron chi connectivity index (χ1n) is 35.9. The fourth-order valence-corrected chi connectivity index (χ4v) is 13.9. The number of benzene rings is 11. The number of anilines is 13. The van der Waals surface area contributed by atoms with Crippen LogP contribution in [0, 0.1) is 6.92 Å². The molecule has 0 fully saturated rings. The highest BCUT2D eigenvalue weighted by Crippen LogP contribution is 2.45. The molecule has 0 aliphatic rings. The Morgan fingerprint density at radius 3 is 0.495 bits per heavy atom. The van der Waals surface area contributed by atoms with Crippen LogP contribution < -0.4 is 34.3 Å². The molecule has 11 aromatic carbocycles. The topological polar surface area (TPSA) is 22.7 Å². The summed E-state index contributed by atoms with van der Waals surface area (Å²) in [6.45, 7) is 36.7. The molecule has 99 heavy (non-hydrogen) atoms. The summed E-state index contributed by atoms with van der Waals surface area (Å²) in [4.78, 5) is 16.4. The van der Waals surface area contributed by atoms with Gasteiger partial charge in [0.05, 0.1) is 0 Å². The van der Waals surface area contributed by atoms with Gasteiger partial charge in [-0.05, 0) is 244 Å². The molecule has 0 aliphatic carbocycles. The van der Waals surface area contributed by atoms with Gasteiger partial charge in [-0.15, -0.1) is 0 Å². The van der Waals surface area contributed by atoms with Gasteiger partial charge >= 0.3 is 0 Å². The number of hydrogen-bond donors (Lipinski definition) is 0. The van der Waals surface area contributed by atoms with E-state index in [9.17, 15) is 0 Å². The second kappa shape index (κ2) is 29.6. The molecular formula is C92H105N7. The first-order valence-corrected chi connectivity index (χ1v) is 35.9. The molecule has 11 rings (SSSR count). The molecule has 0 N–H and O–H groups in total. The molecule has 0 aliphatic heterocycles. The van der Waals surface area contributed by atoms with E-state index >= 15 is 0 Å². The van der Waals surface area contributed by atoms with Gasteiger partial charge in [0, 0.05) is 149 Å². The Kier molecular flexibility index (Phi) is 21.0. The average Bonchev–Trinajstić information content (AvgIpc) is 0.772. The summed E-state index contributed by atoms with van der Waals surface area (Å²) in [7, 11) is 6.44. The molecular weight excluding hydrogens is 1200 g/mol.